The van der Waals surface area contributed by atoms with Crippen molar-refractivity contribution < 1.29 is 15.0 Å². The molecule has 4 rings (SSSR count). The molecule has 38 heavy (non-hydrogen) atoms. The average Bonchev–Trinajstić information content (AvgIpc) is 3.21. The van der Waals surface area contributed by atoms with E-state index in [0.29, 0.717) is 17.4 Å². The molecular formula is C34H61NO3. The second kappa shape index (κ2) is 14.0. The molecule has 0 saturated heterocycles. The van der Waals surface area contributed by atoms with E-state index in [1.165, 1.54) is 70.6 Å². The Morgan fingerprint density at radius 2 is 1.76 bits per heavy atom. The summed E-state index contributed by atoms with van der Waals surface area (Å²) < 4.78 is 0. The van der Waals surface area contributed by atoms with Crippen molar-refractivity contribution in [1.82, 2.24) is 5.32 Å². The summed E-state index contributed by atoms with van der Waals surface area (Å²) >= 11 is 0. The van der Waals surface area contributed by atoms with Crippen molar-refractivity contribution in [3.05, 3.63) is 11.6 Å². The Morgan fingerprint density at radius 3 is 2.45 bits per heavy atom. The van der Waals surface area contributed by atoms with Gasteiger partial charge in [-0.1, -0.05) is 91.7 Å². The average molecular weight is 532 g/mol. The molecule has 3 fully saturated rings. The third-order valence-electron chi connectivity index (χ3n) is 11.6. The van der Waals surface area contributed by atoms with Gasteiger partial charge in [0.25, 0.3) is 0 Å². The summed E-state index contributed by atoms with van der Waals surface area (Å²) in [4.78, 5) is 9.92. The highest BCUT2D eigenvalue weighted by Gasteiger charge is 2.59. The highest BCUT2D eigenvalue weighted by molar-refractivity contribution is 5.64. The number of aliphatic hydroxyl groups is 1. The summed E-state index contributed by atoms with van der Waals surface area (Å²) in [5.74, 6) is 5.46. The third-order valence-corrected chi connectivity index (χ3v) is 11.6. The highest BCUT2D eigenvalue weighted by Crippen LogP contribution is 2.67. The molecule has 220 valence electrons. The first-order valence-corrected chi connectivity index (χ1v) is 16.4. The fraction of sp³-hybridized carbons (Fsp3) is 0.912. The molecule has 4 aliphatic carbocycles. The molecule has 4 aliphatic rings. The summed E-state index contributed by atoms with van der Waals surface area (Å²) in [7, 11) is 0. The zero-order valence-corrected chi connectivity index (χ0v) is 25.7. The van der Waals surface area contributed by atoms with Crippen LogP contribution in [0, 0.1) is 46.3 Å². The molecule has 0 aromatic carbocycles. The van der Waals surface area contributed by atoms with Crippen LogP contribution in [0.1, 0.15) is 138 Å². The van der Waals surface area contributed by atoms with Gasteiger partial charge in [0, 0.05) is 6.54 Å². The minimum Gasteiger partial charge on any atom is -0.465 e. The maximum Gasteiger partial charge on any atom is 0.404 e. The van der Waals surface area contributed by atoms with E-state index in [0.717, 1.165) is 61.2 Å². The number of rotatable bonds is 10. The molecule has 1 amide bonds. The van der Waals surface area contributed by atoms with Gasteiger partial charge >= 0.3 is 6.09 Å². The molecule has 3 saturated carbocycles. The third kappa shape index (κ3) is 7.38. The van der Waals surface area contributed by atoms with Gasteiger partial charge in [0.2, 0.25) is 0 Å². The zero-order valence-electron chi connectivity index (χ0n) is 25.7. The predicted octanol–water partition coefficient (Wildman–Crippen LogP) is 9.22. The van der Waals surface area contributed by atoms with Crippen LogP contribution in [0.2, 0.25) is 0 Å². The lowest BCUT2D eigenvalue weighted by Crippen LogP contribution is -2.50. The molecule has 0 heterocycles. The lowest BCUT2D eigenvalue weighted by atomic mass is 9.47. The van der Waals surface area contributed by atoms with Gasteiger partial charge in [-0.15, -0.1) is 0 Å². The quantitative estimate of drug-likeness (QED) is 0.194. The lowest BCUT2D eigenvalue weighted by Gasteiger charge is -2.58. The van der Waals surface area contributed by atoms with Crippen molar-refractivity contribution in [2.24, 2.45) is 46.3 Å². The fourth-order valence-corrected chi connectivity index (χ4v) is 9.41. The number of fused-ring (bicyclic) bond motifs is 5. The molecule has 4 heteroatoms. The number of allylic oxidation sites excluding steroid dienone is 1. The lowest BCUT2D eigenvalue weighted by molar-refractivity contribution is -0.0573. The van der Waals surface area contributed by atoms with Gasteiger partial charge in [0.15, 0.2) is 0 Å². The van der Waals surface area contributed by atoms with Crippen LogP contribution in [0.4, 0.5) is 4.79 Å². The summed E-state index contributed by atoms with van der Waals surface area (Å²) in [6.07, 6.45) is 20.7. The molecule has 0 spiro atoms. The minimum atomic E-state index is -0.920. The normalized spacial score (nSPS) is 36.7. The van der Waals surface area contributed by atoms with Gasteiger partial charge in [-0.2, -0.15) is 0 Å². The van der Waals surface area contributed by atoms with Crippen LogP contribution in [0.5, 0.6) is 0 Å². The SMILES string of the molecule is CC(C)CCCC(C)[C@H]1CC[C@H]2[C@@H]3CC=C4C[C@@H](O)CC[C@]4(C)[C@H]3CC[C@]12C.CCCCCCNC(=O)O. The minimum absolute atomic E-state index is 0.0766. The van der Waals surface area contributed by atoms with E-state index in [4.69, 9.17) is 5.11 Å². The van der Waals surface area contributed by atoms with Gasteiger partial charge < -0.3 is 15.5 Å². The number of nitrogens with one attached hydrogen (secondary N) is 1. The van der Waals surface area contributed by atoms with Gasteiger partial charge in [-0.05, 0) is 104 Å². The molecule has 1 unspecified atom stereocenters. The van der Waals surface area contributed by atoms with Gasteiger partial charge in [-0.25, -0.2) is 4.79 Å². The van der Waals surface area contributed by atoms with Crippen LogP contribution in [-0.4, -0.2) is 29.0 Å². The Labute approximate surface area is 234 Å². The number of carbonyl (C=O) groups is 1. The van der Waals surface area contributed by atoms with Crippen LogP contribution >= 0.6 is 0 Å². The number of amides is 1. The summed E-state index contributed by atoms with van der Waals surface area (Å²) in [6, 6.07) is 0. The van der Waals surface area contributed by atoms with Crippen molar-refractivity contribution in [1.29, 1.82) is 0 Å². The fourth-order valence-electron chi connectivity index (χ4n) is 9.41. The Kier molecular flexibility index (Phi) is 11.6. The van der Waals surface area contributed by atoms with Gasteiger partial charge in [0.05, 0.1) is 6.10 Å². The van der Waals surface area contributed by atoms with Crippen LogP contribution in [-0.2, 0) is 0 Å². The Hall–Kier alpha value is -1.03. The summed E-state index contributed by atoms with van der Waals surface area (Å²) in [5, 5.41) is 20.7. The highest BCUT2D eigenvalue weighted by atomic mass is 16.4. The molecule has 0 radical (unpaired) electrons. The summed E-state index contributed by atoms with van der Waals surface area (Å²) in [5.41, 5.74) is 2.60. The van der Waals surface area contributed by atoms with Crippen molar-refractivity contribution in [3.63, 3.8) is 0 Å². The largest absolute Gasteiger partial charge is 0.465 e. The van der Waals surface area contributed by atoms with Crippen molar-refractivity contribution >= 4 is 6.09 Å². The molecule has 0 bridgehead atoms. The smallest absolute Gasteiger partial charge is 0.404 e. The molecule has 8 atom stereocenters. The van der Waals surface area contributed by atoms with Crippen molar-refractivity contribution in [2.75, 3.05) is 6.54 Å². The van der Waals surface area contributed by atoms with E-state index >= 15 is 0 Å². The van der Waals surface area contributed by atoms with Crippen molar-refractivity contribution in [2.45, 2.75) is 144 Å². The molecule has 0 aliphatic heterocycles. The van der Waals surface area contributed by atoms with Gasteiger partial charge in [0.1, 0.15) is 0 Å². The Morgan fingerprint density at radius 1 is 1.00 bits per heavy atom. The molecule has 0 aromatic rings. The number of unbranched alkanes of at least 4 members (excludes halogenated alkanes) is 3. The summed E-state index contributed by atoms with van der Waals surface area (Å²) in [6.45, 7) is 15.3. The maximum atomic E-state index is 10.2. The van der Waals surface area contributed by atoms with Crippen molar-refractivity contribution in [3.8, 4) is 0 Å². The molecular weight excluding hydrogens is 470 g/mol. The van der Waals surface area contributed by atoms with Crippen LogP contribution < -0.4 is 5.32 Å². The standard InChI is InChI=1S/C27H46O.C7H15NO2/c1-18(2)7-6-8-19(3)23-11-12-24-22-10-9-20-17-21(28)13-15-26(20,4)25(22)14-16-27(23,24)5;1-2-3-4-5-6-8-7(9)10/h9,18-19,21-25,28H,6-8,10-17H2,1-5H3;8H,2-6H2,1H3,(H,9,10)/t19?,21-,22-,23+,24-,25-,26-,27+;/m0./s1. The zero-order chi connectivity index (χ0) is 27.9. The number of hydrogen-bond acceptors (Lipinski definition) is 2. The Balaban J connectivity index is 0.000000342. The van der Waals surface area contributed by atoms with Crippen LogP contribution in [0.25, 0.3) is 0 Å². The monoisotopic (exact) mass is 531 g/mol. The second-order valence-corrected chi connectivity index (χ2v) is 14.5. The van der Waals surface area contributed by atoms with Crippen LogP contribution in [0.3, 0.4) is 0 Å². The number of aliphatic hydroxyl groups excluding tert-OH is 1. The predicted molar refractivity (Wildman–Crippen MR) is 159 cm³/mol. The van der Waals surface area contributed by atoms with E-state index in [1.54, 1.807) is 5.57 Å². The molecule has 3 N–H and O–H groups in total. The first-order chi connectivity index (χ1) is 18.0. The van der Waals surface area contributed by atoms with Gasteiger partial charge in [-0.3, -0.25) is 0 Å². The number of hydrogen-bond donors (Lipinski definition) is 3. The van der Waals surface area contributed by atoms with E-state index in [9.17, 15) is 9.90 Å². The second-order valence-electron chi connectivity index (χ2n) is 14.5. The first kappa shape index (κ1) is 31.5. The van der Waals surface area contributed by atoms with Crippen LogP contribution in [0.15, 0.2) is 11.6 Å². The van der Waals surface area contributed by atoms with E-state index < -0.39 is 6.09 Å². The molecule has 0 aromatic heterocycles. The first-order valence-electron chi connectivity index (χ1n) is 16.4. The molecule has 4 nitrogen and oxygen atoms in total. The van der Waals surface area contributed by atoms with E-state index in [1.807, 2.05) is 0 Å². The maximum absolute atomic E-state index is 10.2. The van der Waals surface area contributed by atoms with E-state index in [-0.39, 0.29) is 6.10 Å². The topological polar surface area (TPSA) is 69.6 Å². The number of carboxylic acid groups (broad SMARTS) is 1. The van der Waals surface area contributed by atoms with E-state index in [2.05, 4.69) is 52.9 Å². The Bertz CT molecular complexity index is 778.